The summed E-state index contributed by atoms with van der Waals surface area (Å²) in [4.78, 5) is 0. The Balaban J connectivity index is 3.03. The maximum atomic E-state index is 11.2. The Bertz CT molecular complexity index is 233. The zero-order chi connectivity index (χ0) is 9.30. The van der Waals surface area contributed by atoms with E-state index in [4.69, 9.17) is 5.73 Å². The van der Waals surface area contributed by atoms with Crippen molar-refractivity contribution < 1.29 is 9.80 Å². The van der Waals surface area contributed by atoms with Crippen LogP contribution in [0.5, 0.6) is 0 Å². The highest BCUT2D eigenvalue weighted by molar-refractivity contribution is 5.68. The van der Waals surface area contributed by atoms with E-state index in [1.807, 2.05) is 0 Å². The molecule has 68 valence electrons. The van der Waals surface area contributed by atoms with E-state index in [0.29, 0.717) is 4.74 Å². The van der Waals surface area contributed by atoms with Crippen molar-refractivity contribution in [1.29, 1.82) is 0 Å². The first-order chi connectivity index (χ1) is 5.63. The fourth-order valence-electron chi connectivity index (χ4n) is 1.01. The van der Waals surface area contributed by atoms with Crippen molar-refractivity contribution in [3.8, 4) is 0 Å². The Morgan fingerprint density at radius 1 is 1.42 bits per heavy atom. The van der Waals surface area contributed by atoms with Crippen LogP contribution < -0.4 is 21.4 Å². The van der Waals surface area contributed by atoms with Crippen LogP contribution in [0.1, 0.15) is 0 Å². The van der Waals surface area contributed by atoms with Crippen molar-refractivity contribution in [2.24, 2.45) is 5.73 Å². The maximum Gasteiger partial charge on any atom is 0.402 e. The number of quaternary nitrogens is 1. The number of hydrogen-bond donors (Lipinski definition) is 4. The molecule has 0 saturated heterocycles. The fraction of sp³-hybridized carbons (Fsp3) is 0.400. The summed E-state index contributed by atoms with van der Waals surface area (Å²) in [7, 11) is 3.02. The number of nitrogens with one attached hydrogen (secondary N) is 3. The number of hydroxylamine groups is 3. The van der Waals surface area contributed by atoms with Crippen LogP contribution in [-0.2, 0) is 0 Å². The van der Waals surface area contributed by atoms with Crippen LogP contribution in [0.4, 0.5) is 0 Å². The van der Waals surface area contributed by atoms with Crippen molar-refractivity contribution in [1.82, 2.24) is 10.6 Å². The molecule has 0 aliphatic carbocycles. The highest BCUT2D eigenvalue weighted by Gasteiger charge is 2.31. The summed E-state index contributed by atoms with van der Waals surface area (Å²) >= 11 is 0. The Morgan fingerprint density at radius 3 is 2.25 bits per heavy atom. The summed E-state index contributed by atoms with van der Waals surface area (Å²) in [5.41, 5.74) is 5.34. The van der Waals surface area contributed by atoms with Crippen LogP contribution in [0.2, 0.25) is 0 Å². The number of rotatable bonds is 1. The van der Waals surface area contributed by atoms with Crippen LogP contribution in [-0.4, -0.2) is 24.8 Å². The standard InChI is InChI=1S/C5H11N5O2/c1-7-4-3(6)9(11)5(8-2)10(4)12/h7-8,10H,6H2,1-2H3. The van der Waals surface area contributed by atoms with Gasteiger partial charge in [-0.25, -0.2) is 5.06 Å². The third kappa shape index (κ3) is 0.953. The monoisotopic (exact) mass is 173 g/mol. The maximum absolute atomic E-state index is 11.2. The molecule has 1 rings (SSSR count). The van der Waals surface area contributed by atoms with Crippen molar-refractivity contribution in [3.63, 3.8) is 0 Å². The zero-order valence-electron chi connectivity index (χ0n) is 6.84. The molecule has 0 fully saturated rings. The molecule has 1 aliphatic rings. The lowest BCUT2D eigenvalue weighted by molar-refractivity contribution is -0.719. The van der Waals surface area contributed by atoms with E-state index in [0.717, 1.165) is 0 Å². The van der Waals surface area contributed by atoms with E-state index < -0.39 is 5.06 Å². The fourth-order valence-corrected chi connectivity index (χ4v) is 1.01. The average molecular weight is 173 g/mol. The van der Waals surface area contributed by atoms with Crippen molar-refractivity contribution in [3.05, 3.63) is 22.1 Å². The molecule has 12 heavy (non-hydrogen) atoms. The van der Waals surface area contributed by atoms with Gasteiger partial charge in [0.2, 0.25) is 0 Å². The molecule has 0 amide bonds. The summed E-state index contributed by atoms with van der Waals surface area (Å²) < 4.78 is 0.369. The highest BCUT2D eigenvalue weighted by atomic mass is 16.5. The second-order valence-corrected chi connectivity index (χ2v) is 2.23. The molecule has 7 nitrogen and oxygen atoms in total. The molecule has 0 spiro atoms. The lowest BCUT2D eigenvalue weighted by Crippen LogP contribution is -3.10. The summed E-state index contributed by atoms with van der Waals surface area (Å²) in [6.45, 7) is 0. The highest BCUT2D eigenvalue weighted by Crippen LogP contribution is 1.93. The Kier molecular flexibility index (Phi) is 2.07. The third-order valence-electron chi connectivity index (χ3n) is 1.61. The lowest BCUT2D eigenvalue weighted by Gasteiger charge is -2.15. The molecule has 1 aliphatic heterocycles. The van der Waals surface area contributed by atoms with E-state index in [9.17, 15) is 10.4 Å². The minimum absolute atomic E-state index is 0.0585. The number of nitrogens with zero attached hydrogens (tertiary/aromatic N) is 1. The first-order valence-corrected chi connectivity index (χ1v) is 3.37. The van der Waals surface area contributed by atoms with Gasteiger partial charge in [0.25, 0.3) is 5.82 Å². The van der Waals surface area contributed by atoms with Crippen molar-refractivity contribution in [2.75, 3.05) is 14.1 Å². The van der Waals surface area contributed by atoms with Gasteiger partial charge < -0.3 is 21.5 Å². The van der Waals surface area contributed by atoms with Crippen LogP contribution >= 0.6 is 0 Å². The normalized spacial score (nSPS) is 23.4. The molecule has 0 saturated carbocycles. The third-order valence-corrected chi connectivity index (χ3v) is 1.61. The summed E-state index contributed by atoms with van der Waals surface area (Å²) in [6.07, 6.45) is 0. The second kappa shape index (κ2) is 2.88. The van der Waals surface area contributed by atoms with Gasteiger partial charge >= 0.3 is 11.8 Å². The van der Waals surface area contributed by atoms with Gasteiger partial charge in [-0.3, -0.25) is 5.32 Å². The van der Waals surface area contributed by atoms with Gasteiger partial charge in [-0.05, 0) is 0 Å². The van der Waals surface area contributed by atoms with Crippen molar-refractivity contribution in [2.45, 2.75) is 0 Å². The van der Waals surface area contributed by atoms with E-state index in [1.54, 1.807) is 0 Å². The number of hydrogen-bond acceptors (Lipinski definition) is 5. The molecular weight excluding hydrogens is 162 g/mol. The zero-order valence-corrected chi connectivity index (χ0v) is 6.84. The minimum Gasteiger partial charge on any atom is -0.736 e. The molecule has 0 radical (unpaired) electrons. The van der Waals surface area contributed by atoms with Gasteiger partial charge in [0.1, 0.15) is 0 Å². The lowest BCUT2D eigenvalue weighted by atomic mass is 10.6. The van der Waals surface area contributed by atoms with Gasteiger partial charge in [-0.15, -0.1) is 0 Å². The molecule has 1 atom stereocenters. The van der Waals surface area contributed by atoms with E-state index in [1.165, 1.54) is 14.1 Å². The van der Waals surface area contributed by atoms with Gasteiger partial charge in [0.15, 0.2) is 0 Å². The van der Waals surface area contributed by atoms with E-state index in [-0.39, 0.29) is 17.6 Å². The SMILES string of the molecule is CNC1=C(N)[N+]([O-])=C(NC)[NH+]1[O-]. The average Bonchev–Trinajstić information content (AvgIpc) is 2.25. The first kappa shape index (κ1) is 8.62. The molecule has 0 bridgehead atoms. The van der Waals surface area contributed by atoms with Gasteiger partial charge in [-0.2, -0.15) is 4.74 Å². The van der Waals surface area contributed by atoms with Crippen LogP contribution in [0.3, 0.4) is 0 Å². The van der Waals surface area contributed by atoms with Gasteiger partial charge in [-0.1, -0.05) is 0 Å². The van der Waals surface area contributed by atoms with Gasteiger partial charge in [0.05, 0.1) is 7.05 Å². The first-order valence-electron chi connectivity index (χ1n) is 3.37. The van der Waals surface area contributed by atoms with Crippen LogP contribution in [0.15, 0.2) is 11.6 Å². The second-order valence-electron chi connectivity index (χ2n) is 2.23. The molecule has 0 aromatic heterocycles. The molecule has 0 aromatic carbocycles. The van der Waals surface area contributed by atoms with Gasteiger partial charge in [0, 0.05) is 7.05 Å². The molecule has 1 heterocycles. The summed E-state index contributed by atoms with van der Waals surface area (Å²) in [6, 6.07) is 0. The molecule has 1 unspecified atom stereocenters. The molecule has 7 heteroatoms. The van der Waals surface area contributed by atoms with E-state index in [2.05, 4.69) is 10.6 Å². The summed E-state index contributed by atoms with van der Waals surface area (Å²) in [5.74, 6) is -0.0296. The Hall–Kier alpha value is -1.47. The predicted octanol–water partition coefficient (Wildman–Crippen LogP) is -3.23. The molecule has 5 N–H and O–H groups in total. The smallest absolute Gasteiger partial charge is 0.402 e. The quantitative estimate of drug-likeness (QED) is 0.246. The predicted molar refractivity (Wildman–Crippen MR) is 42.3 cm³/mol. The Morgan fingerprint density at radius 2 is 2.00 bits per heavy atom. The van der Waals surface area contributed by atoms with Crippen LogP contribution in [0, 0.1) is 10.4 Å². The number of nitrogens with two attached hydrogens (primary N) is 1. The number of guanidine groups is 1. The van der Waals surface area contributed by atoms with Crippen molar-refractivity contribution >= 4 is 5.96 Å². The minimum atomic E-state index is -0.410. The van der Waals surface area contributed by atoms with E-state index >= 15 is 0 Å². The molecular formula is C5H11N5O2. The summed E-state index contributed by atoms with van der Waals surface area (Å²) in [5, 5.41) is 27.0. The largest absolute Gasteiger partial charge is 0.736 e. The topological polar surface area (TPSA) is 104 Å². The Labute approximate surface area is 69.3 Å². The molecule has 0 aromatic rings. The van der Waals surface area contributed by atoms with Crippen LogP contribution in [0.25, 0.3) is 0 Å².